The molecular formula is C13H19N3O2. The molecule has 5 nitrogen and oxygen atoms in total. The lowest BCUT2D eigenvalue weighted by Gasteiger charge is -2.33. The van der Waals surface area contributed by atoms with Gasteiger partial charge < -0.3 is 9.64 Å². The van der Waals surface area contributed by atoms with E-state index in [0.717, 1.165) is 6.42 Å². The highest BCUT2D eigenvalue weighted by atomic mass is 16.5. The number of ether oxygens (including phenoxy) is 1. The summed E-state index contributed by atoms with van der Waals surface area (Å²) in [5.41, 5.74) is 0.544. The summed E-state index contributed by atoms with van der Waals surface area (Å²) in [6.45, 7) is 6.23. The first-order valence-electron chi connectivity index (χ1n) is 6.32. The van der Waals surface area contributed by atoms with Gasteiger partial charge in [-0.1, -0.05) is 13.8 Å². The maximum atomic E-state index is 12.2. The molecule has 1 aliphatic rings. The first kappa shape index (κ1) is 13.0. The summed E-state index contributed by atoms with van der Waals surface area (Å²) >= 11 is 0. The van der Waals surface area contributed by atoms with Gasteiger partial charge in [0.15, 0.2) is 0 Å². The van der Waals surface area contributed by atoms with Gasteiger partial charge in [-0.2, -0.15) is 0 Å². The SMILES string of the molecule is CC(C)C[C@@H]1CN(C(=O)c2cncnc2)CCO1. The molecule has 1 aromatic heterocycles. The van der Waals surface area contributed by atoms with Gasteiger partial charge in [-0.15, -0.1) is 0 Å². The third-order valence-electron chi connectivity index (χ3n) is 2.97. The Bertz CT molecular complexity index is 394. The Morgan fingerprint density at radius 2 is 2.22 bits per heavy atom. The number of nitrogens with zero attached hydrogens (tertiary/aromatic N) is 3. The molecule has 0 unspecified atom stereocenters. The van der Waals surface area contributed by atoms with E-state index in [1.165, 1.54) is 6.33 Å². The van der Waals surface area contributed by atoms with Crippen molar-refractivity contribution in [1.29, 1.82) is 0 Å². The van der Waals surface area contributed by atoms with Gasteiger partial charge in [-0.05, 0) is 12.3 Å². The van der Waals surface area contributed by atoms with Crippen LogP contribution >= 0.6 is 0 Å². The van der Waals surface area contributed by atoms with Crippen molar-refractivity contribution in [3.8, 4) is 0 Å². The molecular weight excluding hydrogens is 230 g/mol. The van der Waals surface area contributed by atoms with Crippen LogP contribution in [0.1, 0.15) is 30.6 Å². The van der Waals surface area contributed by atoms with Crippen LogP contribution in [0.25, 0.3) is 0 Å². The first-order chi connectivity index (χ1) is 8.66. The van der Waals surface area contributed by atoms with Crippen LogP contribution in [0.5, 0.6) is 0 Å². The molecule has 1 amide bonds. The van der Waals surface area contributed by atoms with Crippen LogP contribution in [-0.2, 0) is 4.74 Å². The van der Waals surface area contributed by atoms with Gasteiger partial charge in [-0.3, -0.25) is 4.79 Å². The van der Waals surface area contributed by atoms with Crippen molar-refractivity contribution in [3.63, 3.8) is 0 Å². The van der Waals surface area contributed by atoms with Crippen LogP contribution in [0.4, 0.5) is 0 Å². The average molecular weight is 249 g/mol. The molecule has 0 aliphatic carbocycles. The van der Waals surface area contributed by atoms with E-state index in [2.05, 4.69) is 23.8 Å². The fraction of sp³-hybridized carbons (Fsp3) is 0.615. The van der Waals surface area contributed by atoms with Crippen LogP contribution in [-0.4, -0.2) is 46.6 Å². The molecule has 0 N–H and O–H groups in total. The second-order valence-corrected chi connectivity index (χ2v) is 5.00. The van der Waals surface area contributed by atoms with Gasteiger partial charge >= 0.3 is 0 Å². The number of aromatic nitrogens is 2. The Balaban J connectivity index is 1.98. The standard InChI is InChI=1S/C13H19N3O2/c1-10(2)5-12-8-16(3-4-18-12)13(17)11-6-14-9-15-7-11/h6-7,9-10,12H,3-5,8H2,1-2H3/t12-/m1/s1. The Kier molecular flexibility index (Phi) is 4.25. The molecule has 0 bridgehead atoms. The summed E-state index contributed by atoms with van der Waals surface area (Å²) in [5, 5.41) is 0. The molecule has 0 spiro atoms. The normalized spacial score (nSPS) is 20.2. The van der Waals surface area contributed by atoms with E-state index < -0.39 is 0 Å². The molecule has 1 saturated heterocycles. The van der Waals surface area contributed by atoms with Crippen molar-refractivity contribution in [2.45, 2.75) is 26.4 Å². The Morgan fingerprint density at radius 3 is 2.89 bits per heavy atom. The largest absolute Gasteiger partial charge is 0.375 e. The quantitative estimate of drug-likeness (QED) is 0.811. The zero-order valence-electron chi connectivity index (χ0n) is 10.9. The summed E-state index contributed by atoms with van der Waals surface area (Å²) in [5.74, 6) is 0.567. The molecule has 1 fully saturated rings. The summed E-state index contributed by atoms with van der Waals surface area (Å²) in [7, 11) is 0. The van der Waals surface area contributed by atoms with E-state index in [4.69, 9.17) is 4.74 Å². The minimum atomic E-state index is -0.00680. The smallest absolute Gasteiger partial charge is 0.257 e. The van der Waals surface area contributed by atoms with Crippen LogP contribution in [0.3, 0.4) is 0 Å². The molecule has 98 valence electrons. The minimum absolute atomic E-state index is 0.00680. The number of morpholine rings is 1. The number of carbonyl (C=O) groups is 1. The van der Waals surface area contributed by atoms with E-state index in [1.807, 2.05) is 4.90 Å². The van der Waals surface area contributed by atoms with Crippen molar-refractivity contribution in [1.82, 2.24) is 14.9 Å². The van der Waals surface area contributed by atoms with Gasteiger partial charge in [-0.25, -0.2) is 9.97 Å². The van der Waals surface area contributed by atoms with E-state index >= 15 is 0 Å². The third kappa shape index (κ3) is 3.26. The maximum absolute atomic E-state index is 12.2. The monoisotopic (exact) mass is 249 g/mol. The van der Waals surface area contributed by atoms with E-state index in [0.29, 0.717) is 31.2 Å². The predicted molar refractivity (Wildman–Crippen MR) is 67.1 cm³/mol. The van der Waals surface area contributed by atoms with Crippen LogP contribution in [0, 0.1) is 5.92 Å². The molecule has 0 saturated carbocycles. The summed E-state index contributed by atoms with van der Waals surface area (Å²) in [6.07, 6.45) is 5.67. The van der Waals surface area contributed by atoms with Crippen LogP contribution in [0.2, 0.25) is 0 Å². The lowest BCUT2D eigenvalue weighted by atomic mass is 10.0. The molecule has 1 aliphatic heterocycles. The lowest BCUT2D eigenvalue weighted by molar-refractivity contribution is -0.0298. The maximum Gasteiger partial charge on any atom is 0.257 e. The molecule has 0 radical (unpaired) electrons. The Hall–Kier alpha value is -1.49. The molecule has 1 atom stereocenters. The van der Waals surface area contributed by atoms with E-state index in [1.54, 1.807) is 12.4 Å². The van der Waals surface area contributed by atoms with Gasteiger partial charge in [0, 0.05) is 25.5 Å². The highest BCUT2D eigenvalue weighted by molar-refractivity contribution is 5.93. The van der Waals surface area contributed by atoms with Crippen LogP contribution < -0.4 is 0 Å². The molecule has 18 heavy (non-hydrogen) atoms. The number of rotatable bonds is 3. The third-order valence-corrected chi connectivity index (χ3v) is 2.97. The minimum Gasteiger partial charge on any atom is -0.375 e. The highest BCUT2D eigenvalue weighted by Gasteiger charge is 2.25. The number of hydrogen-bond acceptors (Lipinski definition) is 4. The zero-order valence-corrected chi connectivity index (χ0v) is 10.9. The van der Waals surface area contributed by atoms with Crippen molar-refractivity contribution >= 4 is 5.91 Å². The van der Waals surface area contributed by atoms with Crippen molar-refractivity contribution < 1.29 is 9.53 Å². The molecule has 1 aromatic rings. The molecule has 2 rings (SSSR count). The predicted octanol–water partition coefficient (Wildman–Crippen LogP) is 1.36. The zero-order chi connectivity index (χ0) is 13.0. The fourth-order valence-corrected chi connectivity index (χ4v) is 2.16. The summed E-state index contributed by atoms with van der Waals surface area (Å²) in [6, 6.07) is 0. The van der Waals surface area contributed by atoms with Crippen molar-refractivity contribution in [2.75, 3.05) is 19.7 Å². The number of amides is 1. The van der Waals surface area contributed by atoms with E-state index in [9.17, 15) is 4.79 Å². The number of hydrogen-bond donors (Lipinski definition) is 0. The van der Waals surface area contributed by atoms with Crippen LogP contribution in [0.15, 0.2) is 18.7 Å². The first-order valence-corrected chi connectivity index (χ1v) is 6.32. The Labute approximate surface area is 107 Å². The highest BCUT2D eigenvalue weighted by Crippen LogP contribution is 2.15. The molecule has 0 aromatic carbocycles. The van der Waals surface area contributed by atoms with Gasteiger partial charge in [0.1, 0.15) is 6.33 Å². The van der Waals surface area contributed by atoms with Gasteiger partial charge in [0.2, 0.25) is 0 Å². The fourth-order valence-electron chi connectivity index (χ4n) is 2.16. The summed E-state index contributed by atoms with van der Waals surface area (Å²) < 4.78 is 5.68. The topological polar surface area (TPSA) is 55.3 Å². The van der Waals surface area contributed by atoms with E-state index in [-0.39, 0.29) is 12.0 Å². The van der Waals surface area contributed by atoms with Crippen molar-refractivity contribution in [3.05, 3.63) is 24.3 Å². The number of carbonyl (C=O) groups excluding carboxylic acids is 1. The van der Waals surface area contributed by atoms with Crippen molar-refractivity contribution in [2.24, 2.45) is 5.92 Å². The second-order valence-electron chi connectivity index (χ2n) is 5.00. The summed E-state index contributed by atoms with van der Waals surface area (Å²) in [4.78, 5) is 21.8. The molecule has 5 heteroatoms. The van der Waals surface area contributed by atoms with Gasteiger partial charge in [0.05, 0.1) is 18.3 Å². The lowest BCUT2D eigenvalue weighted by Crippen LogP contribution is -2.46. The second kappa shape index (κ2) is 5.91. The average Bonchev–Trinajstić information content (AvgIpc) is 2.38. The Morgan fingerprint density at radius 1 is 1.50 bits per heavy atom. The molecule has 2 heterocycles. The van der Waals surface area contributed by atoms with Gasteiger partial charge in [0.25, 0.3) is 5.91 Å².